The van der Waals surface area contributed by atoms with Crippen molar-refractivity contribution in [2.24, 2.45) is 5.92 Å². The van der Waals surface area contributed by atoms with Crippen LogP contribution in [0.2, 0.25) is 0 Å². The van der Waals surface area contributed by atoms with E-state index in [0.29, 0.717) is 0 Å². The average molecular weight is 278 g/mol. The molecule has 1 aromatic carbocycles. The van der Waals surface area contributed by atoms with Gasteiger partial charge in [0.05, 0.1) is 7.11 Å². The van der Waals surface area contributed by atoms with E-state index in [1.54, 1.807) is 7.11 Å². The number of methoxy groups -OCH3 is 1. The summed E-state index contributed by atoms with van der Waals surface area (Å²) < 4.78 is 17.1. The van der Waals surface area contributed by atoms with Crippen molar-refractivity contribution in [1.29, 1.82) is 0 Å². The van der Waals surface area contributed by atoms with Crippen LogP contribution >= 0.6 is 0 Å². The summed E-state index contributed by atoms with van der Waals surface area (Å²) in [4.78, 5) is 12.5. The second-order valence-corrected chi connectivity index (χ2v) is 7.40. The van der Waals surface area contributed by atoms with E-state index in [9.17, 15) is 9.00 Å². The number of benzene rings is 1. The van der Waals surface area contributed by atoms with E-state index in [2.05, 4.69) is 0 Å². The number of ketones is 1. The molecule has 2 fully saturated rings. The predicted octanol–water partition coefficient (Wildman–Crippen LogP) is 2.57. The molecule has 0 aromatic heterocycles. The van der Waals surface area contributed by atoms with Crippen LogP contribution < -0.4 is 4.74 Å². The van der Waals surface area contributed by atoms with E-state index in [0.717, 1.165) is 37.0 Å². The molecule has 2 heterocycles. The minimum absolute atomic E-state index is 0.0589. The van der Waals surface area contributed by atoms with Gasteiger partial charge in [-0.3, -0.25) is 9.00 Å². The van der Waals surface area contributed by atoms with Gasteiger partial charge in [0.25, 0.3) is 0 Å². The maximum Gasteiger partial charge on any atom is 0.166 e. The van der Waals surface area contributed by atoms with Crippen LogP contribution in [-0.2, 0) is 10.8 Å². The Hall–Kier alpha value is -1.16. The lowest BCUT2D eigenvalue weighted by atomic mass is 9.90. The van der Waals surface area contributed by atoms with Gasteiger partial charge in [-0.25, -0.2) is 0 Å². The Bertz CT molecular complexity index is 493. The van der Waals surface area contributed by atoms with Gasteiger partial charge in [-0.1, -0.05) is 0 Å². The molecule has 102 valence electrons. The van der Waals surface area contributed by atoms with Crippen molar-refractivity contribution >= 4 is 16.6 Å². The Balaban J connectivity index is 1.75. The number of rotatable bonds is 3. The third kappa shape index (κ3) is 2.34. The van der Waals surface area contributed by atoms with Crippen molar-refractivity contribution in [1.82, 2.24) is 0 Å². The first-order valence-electron chi connectivity index (χ1n) is 6.76. The molecule has 2 atom stereocenters. The third-order valence-corrected chi connectivity index (χ3v) is 6.48. The highest BCUT2D eigenvalue weighted by molar-refractivity contribution is 7.86. The normalized spacial score (nSPS) is 33.1. The molecule has 3 rings (SSSR count). The molecule has 3 nitrogen and oxygen atoms in total. The van der Waals surface area contributed by atoms with E-state index in [1.165, 1.54) is 0 Å². The molecule has 2 bridgehead atoms. The average Bonchev–Trinajstić information content (AvgIpc) is 2.68. The highest BCUT2D eigenvalue weighted by Gasteiger charge is 2.42. The summed E-state index contributed by atoms with van der Waals surface area (Å²) >= 11 is 0. The SMILES string of the molecule is COc1ccc(C(=O)C2CC3CCC(C2)S3=O)cc1. The summed E-state index contributed by atoms with van der Waals surface area (Å²) in [6.45, 7) is 0. The van der Waals surface area contributed by atoms with E-state index >= 15 is 0 Å². The molecule has 1 aromatic rings. The Morgan fingerprint density at radius 3 is 2.26 bits per heavy atom. The molecule has 0 saturated carbocycles. The van der Waals surface area contributed by atoms with E-state index in [4.69, 9.17) is 4.74 Å². The Morgan fingerprint density at radius 1 is 1.16 bits per heavy atom. The van der Waals surface area contributed by atoms with Crippen molar-refractivity contribution in [3.8, 4) is 5.75 Å². The molecule has 0 aliphatic carbocycles. The standard InChI is InChI=1S/C15H18O3S/c1-18-12-4-2-10(3-5-12)15(16)11-8-13-6-7-14(9-11)19(13)17/h2-5,11,13-14H,6-9H2,1H3. The number of carbonyl (C=O) groups excluding carboxylic acids is 1. The molecule has 0 N–H and O–H groups in total. The summed E-state index contributed by atoms with van der Waals surface area (Å²) in [5.74, 6) is 1.03. The zero-order valence-corrected chi connectivity index (χ0v) is 11.8. The van der Waals surface area contributed by atoms with Gasteiger partial charge in [0.1, 0.15) is 5.75 Å². The molecule has 2 aliphatic heterocycles. The van der Waals surface area contributed by atoms with Gasteiger partial charge in [0.2, 0.25) is 0 Å². The molecular formula is C15H18O3S. The number of carbonyl (C=O) groups is 1. The second-order valence-electron chi connectivity index (χ2n) is 5.41. The van der Waals surface area contributed by atoms with E-state index < -0.39 is 10.8 Å². The number of Topliss-reactive ketones (excluding diaryl/α,β-unsaturated/α-hetero) is 1. The molecule has 4 heteroatoms. The largest absolute Gasteiger partial charge is 0.497 e. The second kappa shape index (κ2) is 5.08. The van der Waals surface area contributed by atoms with Crippen molar-refractivity contribution in [2.45, 2.75) is 36.2 Å². The fourth-order valence-corrected chi connectivity index (χ4v) is 5.36. The lowest BCUT2D eigenvalue weighted by Gasteiger charge is -2.26. The Labute approximate surface area is 115 Å². The molecule has 0 spiro atoms. The van der Waals surface area contributed by atoms with Gasteiger partial charge in [-0.2, -0.15) is 0 Å². The van der Waals surface area contributed by atoms with Gasteiger partial charge >= 0.3 is 0 Å². The lowest BCUT2D eigenvalue weighted by Crippen LogP contribution is -2.32. The summed E-state index contributed by atoms with van der Waals surface area (Å²) in [7, 11) is 0.926. The maximum atomic E-state index is 12.5. The molecule has 19 heavy (non-hydrogen) atoms. The van der Waals surface area contributed by atoms with Crippen LogP contribution in [0.1, 0.15) is 36.0 Å². The summed E-state index contributed by atoms with van der Waals surface area (Å²) in [5.41, 5.74) is 0.748. The lowest BCUT2D eigenvalue weighted by molar-refractivity contribution is 0.0906. The topological polar surface area (TPSA) is 43.4 Å². The highest BCUT2D eigenvalue weighted by atomic mass is 32.2. The van der Waals surface area contributed by atoms with Gasteiger partial charge in [0, 0.05) is 32.8 Å². The van der Waals surface area contributed by atoms with E-state index in [1.807, 2.05) is 24.3 Å². The third-order valence-electron chi connectivity index (χ3n) is 4.31. The Morgan fingerprint density at radius 2 is 1.74 bits per heavy atom. The molecule has 0 amide bonds. The zero-order chi connectivity index (χ0) is 13.4. The van der Waals surface area contributed by atoms with E-state index in [-0.39, 0.29) is 22.2 Å². The minimum Gasteiger partial charge on any atom is -0.497 e. The molecule has 2 saturated heterocycles. The summed E-state index contributed by atoms with van der Waals surface area (Å²) in [6.07, 6.45) is 3.66. The van der Waals surface area contributed by atoms with Gasteiger partial charge < -0.3 is 4.74 Å². The van der Waals surface area contributed by atoms with Crippen molar-refractivity contribution in [3.05, 3.63) is 29.8 Å². The first-order chi connectivity index (χ1) is 9.19. The number of ether oxygens (including phenoxy) is 1. The summed E-state index contributed by atoms with van der Waals surface area (Å²) in [6, 6.07) is 7.30. The quantitative estimate of drug-likeness (QED) is 0.798. The minimum atomic E-state index is -0.690. The van der Waals surface area contributed by atoms with Crippen LogP contribution in [-0.4, -0.2) is 27.6 Å². The monoisotopic (exact) mass is 278 g/mol. The first kappa shape index (κ1) is 12.9. The van der Waals surface area contributed by atoms with Crippen molar-refractivity contribution in [3.63, 3.8) is 0 Å². The number of hydrogen-bond donors (Lipinski definition) is 0. The fraction of sp³-hybridized carbons (Fsp3) is 0.533. The zero-order valence-electron chi connectivity index (χ0n) is 11.0. The molecule has 2 unspecified atom stereocenters. The van der Waals surface area contributed by atoms with Crippen LogP contribution in [0.3, 0.4) is 0 Å². The smallest absolute Gasteiger partial charge is 0.166 e. The fourth-order valence-electron chi connectivity index (χ4n) is 3.24. The maximum absolute atomic E-state index is 12.5. The van der Waals surface area contributed by atoms with Crippen molar-refractivity contribution < 1.29 is 13.7 Å². The van der Waals surface area contributed by atoms with Crippen LogP contribution in [0.4, 0.5) is 0 Å². The number of fused-ring (bicyclic) bond motifs is 2. The molecule has 0 radical (unpaired) electrons. The van der Waals surface area contributed by atoms with Gasteiger partial charge in [-0.05, 0) is 49.9 Å². The molecule has 2 aliphatic rings. The van der Waals surface area contributed by atoms with Gasteiger partial charge in [-0.15, -0.1) is 0 Å². The molecular weight excluding hydrogens is 260 g/mol. The highest BCUT2D eigenvalue weighted by Crippen LogP contribution is 2.39. The van der Waals surface area contributed by atoms with Crippen LogP contribution in [0.15, 0.2) is 24.3 Å². The van der Waals surface area contributed by atoms with Crippen LogP contribution in [0, 0.1) is 5.92 Å². The Kier molecular flexibility index (Phi) is 3.44. The number of hydrogen-bond acceptors (Lipinski definition) is 3. The predicted molar refractivity (Wildman–Crippen MR) is 75.0 cm³/mol. The van der Waals surface area contributed by atoms with Crippen LogP contribution in [0.5, 0.6) is 5.75 Å². The van der Waals surface area contributed by atoms with Crippen LogP contribution in [0.25, 0.3) is 0 Å². The first-order valence-corrected chi connectivity index (χ1v) is 8.04. The van der Waals surface area contributed by atoms with Gasteiger partial charge in [0.15, 0.2) is 5.78 Å². The van der Waals surface area contributed by atoms with Crippen molar-refractivity contribution in [2.75, 3.05) is 7.11 Å². The summed E-state index contributed by atoms with van der Waals surface area (Å²) in [5, 5.41) is 0.511.